The molecule has 0 fully saturated rings. The number of carboxylic acids is 1. The standard InChI is InChI=1S/C18H30N4O4/c1-2-3-4-5-6-9-16(24)20-10-7-8-15(23)17-21-12-13(22-17)11-14(19)18(25)26/h12,14H,2-11,19H2,1H3,(H,20,24)(H,21,22)(H,25,26). The summed E-state index contributed by atoms with van der Waals surface area (Å²) in [4.78, 5) is 41.2. The molecule has 0 saturated heterocycles. The van der Waals surface area contributed by atoms with Gasteiger partial charge in [0.05, 0.1) is 0 Å². The van der Waals surface area contributed by atoms with Crippen LogP contribution in [0.3, 0.4) is 0 Å². The van der Waals surface area contributed by atoms with E-state index in [1.54, 1.807) is 0 Å². The summed E-state index contributed by atoms with van der Waals surface area (Å²) in [6.45, 7) is 2.61. The number of nitrogens with zero attached hydrogens (tertiary/aromatic N) is 1. The summed E-state index contributed by atoms with van der Waals surface area (Å²) < 4.78 is 0. The van der Waals surface area contributed by atoms with Crippen molar-refractivity contribution in [3.05, 3.63) is 17.7 Å². The number of nitrogens with two attached hydrogens (primary N) is 1. The van der Waals surface area contributed by atoms with E-state index in [0.717, 1.165) is 12.8 Å². The molecule has 0 aliphatic carbocycles. The lowest BCUT2D eigenvalue weighted by Gasteiger charge is -2.05. The van der Waals surface area contributed by atoms with Gasteiger partial charge in [-0.25, -0.2) is 4.98 Å². The molecule has 146 valence electrons. The Morgan fingerprint density at radius 1 is 1.19 bits per heavy atom. The molecule has 1 aromatic heterocycles. The maximum atomic E-state index is 12.0. The zero-order valence-electron chi connectivity index (χ0n) is 15.4. The molecular weight excluding hydrogens is 336 g/mol. The van der Waals surface area contributed by atoms with Crippen molar-refractivity contribution in [3.63, 3.8) is 0 Å². The van der Waals surface area contributed by atoms with Crippen LogP contribution in [0.25, 0.3) is 0 Å². The van der Waals surface area contributed by atoms with E-state index < -0.39 is 12.0 Å². The fourth-order valence-corrected chi connectivity index (χ4v) is 2.50. The van der Waals surface area contributed by atoms with Gasteiger partial charge in [0, 0.05) is 37.7 Å². The number of carboxylic acid groups (broad SMARTS) is 1. The van der Waals surface area contributed by atoms with Gasteiger partial charge >= 0.3 is 5.97 Å². The summed E-state index contributed by atoms with van der Waals surface area (Å²) >= 11 is 0. The maximum Gasteiger partial charge on any atom is 0.320 e. The van der Waals surface area contributed by atoms with Crippen LogP contribution >= 0.6 is 0 Å². The lowest BCUT2D eigenvalue weighted by molar-refractivity contribution is -0.138. The number of unbranched alkanes of at least 4 members (excludes halogenated alkanes) is 4. The third-order valence-corrected chi connectivity index (χ3v) is 4.06. The summed E-state index contributed by atoms with van der Waals surface area (Å²) in [7, 11) is 0. The Morgan fingerprint density at radius 2 is 1.92 bits per heavy atom. The van der Waals surface area contributed by atoms with Crippen molar-refractivity contribution in [2.24, 2.45) is 5.73 Å². The van der Waals surface area contributed by atoms with Crippen molar-refractivity contribution < 1.29 is 19.5 Å². The third-order valence-electron chi connectivity index (χ3n) is 4.06. The topological polar surface area (TPSA) is 138 Å². The summed E-state index contributed by atoms with van der Waals surface area (Å²) in [5.41, 5.74) is 5.96. The quantitative estimate of drug-likeness (QED) is 0.292. The average molecular weight is 366 g/mol. The Kier molecular flexibility index (Phi) is 10.2. The third kappa shape index (κ3) is 8.75. The number of carbonyl (C=O) groups is 3. The molecule has 1 amide bonds. The minimum Gasteiger partial charge on any atom is -0.480 e. The SMILES string of the molecule is CCCCCCCC(=O)NCCCC(=O)c1ncc(CC(N)C(=O)O)[nH]1. The molecule has 0 aliphatic heterocycles. The van der Waals surface area contributed by atoms with Crippen molar-refractivity contribution in [2.75, 3.05) is 6.54 Å². The van der Waals surface area contributed by atoms with Crippen molar-refractivity contribution in [3.8, 4) is 0 Å². The summed E-state index contributed by atoms with van der Waals surface area (Å²) in [5, 5.41) is 11.6. The molecule has 0 bridgehead atoms. The zero-order valence-corrected chi connectivity index (χ0v) is 15.4. The second-order valence-electron chi connectivity index (χ2n) is 6.45. The number of hydrogen-bond donors (Lipinski definition) is 4. The number of H-pyrrole nitrogens is 1. The number of amides is 1. The predicted molar refractivity (Wildman–Crippen MR) is 97.9 cm³/mol. The first-order valence-corrected chi connectivity index (χ1v) is 9.26. The van der Waals surface area contributed by atoms with Gasteiger partial charge in [-0.05, 0) is 12.8 Å². The lowest BCUT2D eigenvalue weighted by Crippen LogP contribution is -2.32. The number of imidazole rings is 1. The largest absolute Gasteiger partial charge is 0.480 e. The molecule has 1 aromatic rings. The van der Waals surface area contributed by atoms with Crippen LogP contribution < -0.4 is 11.1 Å². The van der Waals surface area contributed by atoms with E-state index in [9.17, 15) is 14.4 Å². The van der Waals surface area contributed by atoms with E-state index in [-0.39, 0.29) is 30.4 Å². The highest BCUT2D eigenvalue weighted by Crippen LogP contribution is 2.06. The van der Waals surface area contributed by atoms with E-state index in [1.165, 1.54) is 25.5 Å². The smallest absolute Gasteiger partial charge is 0.320 e. The first-order chi connectivity index (χ1) is 12.4. The Balaban J connectivity index is 2.19. The average Bonchev–Trinajstić information content (AvgIpc) is 3.06. The molecule has 0 radical (unpaired) electrons. The fraction of sp³-hybridized carbons (Fsp3) is 0.667. The van der Waals surface area contributed by atoms with E-state index in [0.29, 0.717) is 25.1 Å². The minimum absolute atomic E-state index is 0.0249. The van der Waals surface area contributed by atoms with Gasteiger partial charge in [0.15, 0.2) is 11.6 Å². The number of rotatable bonds is 14. The first kappa shape index (κ1) is 21.8. The predicted octanol–water partition coefficient (Wildman–Crippen LogP) is 1.80. The Bertz CT molecular complexity index is 586. The number of ketones is 1. The summed E-state index contributed by atoms with van der Waals surface area (Å²) in [5.74, 6) is -1.06. The highest BCUT2D eigenvalue weighted by molar-refractivity contribution is 5.92. The molecule has 5 N–H and O–H groups in total. The normalized spacial score (nSPS) is 11.9. The van der Waals surface area contributed by atoms with Crippen LogP contribution in [0.1, 0.15) is 74.6 Å². The minimum atomic E-state index is -1.10. The maximum absolute atomic E-state index is 12.0. The molecule has 0 aliphatic rings. The number of hydrogen-bond acceptors (Lipinski definition) is 5. The Labute approximate surface area is 154 Å². The molecule has 0 aromatic carbocycles. The molecule has 8 nitrogen and oxygen atoms in total. The Hall–Kier alpha value is -2.22. The van der Waals surface area contributed by atoms with Crippen molar-refractivity contribution in [1.29, 1.82) is 0 Å². The van der Waals surface area contributed by atoms with Crippen LogP contribution in [0, 0.1) is 0 Å². The van der Waals surface area contributed by atoms with Gasteiger partial charge in [-0.3, -0.25) is 14.4 Å². The van der Waals surface area contributed by atoms with Gasteiger partial charge in [-0.15, -0.1) is 0 Å². The monoisotopic (exact) mass is 366 g/mol. The fourth-order valence-electron chi connectivity index (χ4n) is 2.50. The summed E-state index contributed by atoms with van der Waals surface area (Å²) in [6.07, 6.45) is 8.37. The van der Waals surface area contributed by atoms with Gasteiger partial charge < -0.3 is 21.1 Å². The van der Waals surface area contributed by atoms with Gasteiger partial charge in [-0.1, -0.05) is 32.6 Å². The molecule has 0 spiro atoms. The number of aliphatic carboxylic acids is 1. The van der Waals surface area contributed by atoms with E-state index in [1.807, 2.05) is 0 Å². The second kappa shape index (κ2) is 12.2. The first-order valence-electron chi connectivity index (χ1n) is 9.26. The van der Waals surface area contributed by atoms with Gasteiger partial charge in [0.1, 0.15) is 6.04 Å². The van der Waals surface area contributed by atoms with Crippen LogP contribution in [-0.4, -0.2) is 45.3 Å². The number of aromatic amines is 1. The number of nitrogens with one attached hydrogen (secondary N) is 2. The highest BCUT2D eigenvalue weighted by Gasteiger charge is 2.16. The van der Waals surface area contributed by atoms with Crippen LogP contribution in [0.2, 0.25) is 0 Å². The van der Waals surface area contributed by atoms with Crippen LogP contribution in [0.5, 0.6) is 0 Å². The highest BCUT2D eigenvalue weighted by atomic mass is 16.4. The van der Waals surface area contributed by atoms with E-state index in [4.69, 9.17) is 10.8 Å². The van der Waals surface area contributed by atoms with Gasteiger partial charge in [0.25, 0.3) is 0 Å². The van der Waals surface area contributed by atoms with Gasteiger partial charge in [0.2, 0.25) is 5.91 Å². The second-order valence-corrected chi connectivity index (χ2v) is 6.45. The number of Topliss-reactive ketones (excluding diaryl/α,β-unsaturated/α-hetero) is 1. The van der Waals surface area contributed by atoms with Crippen LogP contribution in [0.4, 0.5) is 0 Å². The van der Waals surface area contributed by atoms with Crippen molar-refractivity contribution in [2.45, 2.75) is 70.8 Å². The lowest BCUT2D eigenvalue weighted by atomic mass is 10.1. The number of aromatic nitrogens is 2. The van der Waals surface area contributed by atoms with Crippen LogP contribution in [-0.2, 0) is 16.0 Å². The molecule has 26 heavy (non-hydrogen) atoms. The molecule has 1 unspecified atom stereocenters. The molecule has 1 rings (SSSR count). The van der Waals surface area contributed by atoms with E-state index >= 15 is 0 Å². The van der Waals surface area contributed by atoms with E-state index in [2.05, 4.69) is 22.2 Å². The molecule has 1 heterocycles. The van der Waals surface area contributed by atoms with Crippen molar-refractivity contribution >= 4 is 17.7 Å². The Morgan fingerprint density at radius 3 is 2.62 bits per heavy atom. The molecule has 8 heteroatoms. The molecule has 0 saturated carbocycles. The molecule has 1 atom stereocenters. The van der Waals surface area contributed by atoms with Gasteiger partial charge in [-0.2, -0.15) is 0 Å². The molecular formula is C18H30N4O4. The number of carbonyl (C=O) groups excluding carboxylic acids is 2. The zero-order chi connectivity index (χ0) is 19.4. The van der Waals surface area contributed by atoms with Crippen LogP contribution in [0.15, 0.2) is 6.20 Å². The summed E-state index contributed by atoms with van der Waals surface area (Å²) in [6, 6.07) is -1.03. The van der Waals surface area contributed by atoms with Crippen molar-refractivity contribution in [1.82, 2.24) is 15.3 Å².